The molecule has 0 aliphatic heterocycles. The molecule has 10 heteroatoms. The minimum absolute atomic E-state index is 0.0630. The molecule has 0 heterocycles. The van der Waals surface area contributed by atoms with Gasteiger partial charge in [-0.2, -0.15) is 13.2 Å². The highest BCUT2D eigenvalue weighted by molar-refractivity contribution is 8.13. The maximum Gasteiger partial charge on any atom is 0.419 e. The quantitative estimate of drug-likeness (QED) is 0.366. The van der Waals surface area contributed by atoms with Gasteiger partial charge in [-0.25, -0.2) is 9.38 Å². The van der Waals surface area contributed by atoms with E-state index in [1.54, 1.807) is 13.2 Å². The average molecular weight is 380 g/mol. The van der Waals surface area contributed by atoms with Crippen molar-refractivity contribution < 1.29 is 31.9 Å². The number of halogens is 4. The van der Waals surface area contributed by atoms with Gasteiger partial charge < -0.3 is 10.1 Å². The highest BCUT2D eigenvalue weighted by Crippen LogP contribution is 2.33. The van der Waals surface area contributed by atoms with E-state index >= 15 is 0 Å². The Hall–Kier alpha value is -2.10. The van der Waals surface area contributed by atoms with Gasteiger partial charge in [0.15, 0.2) is 5.17 Å². The lowest BCUT2D eigenvalue weighted by Crippen LogP contribution is -2.28. The van der Waals surface area contributed by atoms with Crippen molar-refractivity contribution in [1.29, 1.82) is 0 Å². The fourth-order valence-corrected chi connectivity index (χ4v) is 2.09. The number of thioether (sulfide) groups is 1. The molecule has 0 atom stereocenters. The van der Waals surface area contributed by atoms with E-state index in [0.29, 0.717) is 12.1 Å². The van der Waals surface area contributed by atoms with Crippen LogP contribution in [0.5, 0.6) is 0 Å². The lowest BCUT2D eigenvalue weighted by molar-refractivity contribution is -0.144. The maximum absolute atomic E-state index is 13.5. The first-order valence-electron chi connectivity index (χ1n) is 7.12. The molecule has 25 heavy (non-hydrogen) atoms. The van der Waals surface area contributed by atoms with Crippen molar-refractivity contribution in [2.24, 2.45) is 4.99 Å². The van der Waals surface area contributed by atoms with Crippen molar-refractivity contribution in [3.63, 3.8) is 0 Å². The van der Waals surface area contributed by atoms with Crippen molar-refractivity contribution in [2.45, 2.75) is 25.9 Å². The van der Waals surface area contributed by atoms with Gasteiger partial charge in [0.05, 0.1) is 24.3 Å². The van der Waals surface area contributed by atoms with Gasteiger partial charge in [0.25, 0.3) is 0 Å². The third-order valence-electron chi connectivity index (χ3n) is 2.79. The van der Waals surface area contributed by atoms with Crippen LogP contribution < -0.4 is 5.32 Å². The number of ether oxygens (including phenoxy) is 1. The Morgan fingerprint density at radius 2 is 1.96 bits per heavy atom. The van der Waals surface area contributed by atoms with Gasteiger partial charge in [0.2, 0.25) is 5.91 Å². The Labute approximate surface area is 145 Å². The van der Waals surface area contributed by atoms with Gasteiger partial charge in [-0.05, 0) is 25.3 Å². The molecule has 1 aromatic carbocycles. The SMILES string of the molecule is CCOC(=O)CCC(=O)NC(=Nc1ccc(C(F)(F)F)c(F)c1)SC. The van der Waals surface area contributed by atoms with Crippen molar-refractivity contribution in [2.75, 3.05) is 12.9 Å². The molecule has 0 fully saturated rings. The first-order chi connectivity index (χ1) is 11.7. The number of rotatable bonds is 5. The third-order valence-corrected chi connectivity index (χ3v) is 3.37. The number of aliphatic imine (C=N–C) groups is 1. The van der Waals surface area contributed by atoms with Crippen LogP contribution >= 0.6 is 11.8 Å². The molecule has 5 nitrogen and oxygen atoms in total. The van der Waals surface area contributed by atoms with E-state index in [2.05, 4.69) is 15.0 Å². The van der Waals surface area contributed by atoms with E-state index in [4.69, 9.17) is 0 Å². The van der Waals surface area contributed by atoms with Crippen molar-refractivity contribution in [1.82, 2.24) is 5.32 Å². The summed E-state index contributed by atoms with van der Waals surface area (Å²) in [4.78, 5) is 26.8. The highest BCUT2D eigenvalue weighted by Gasteiger charge is 2.33. The molecule has 138 valence electrons. The fraction of sp³-hybridized carbons (Fsp3) is 0.400. The van der Waals surface area contributed by atoms with E-state index in [1.807, 2.05) is 0 Å². The Morgan fingerprint density at radius 1 is 1.28 bits per heavy atom. The molecule has 0 bridgehead atoms. The number of alkyl halides is 3. The molecule has 1 rings (SSSR count). The number of amides is 1. The molecule has 1 aromatic rings. The fourth-order valence-electron chi connectivity index (χ4n) is 1.68. The molecule has 0 unspecified atom stereocenters. The summed E-state index contributed by atoms with van der Waals surface area (Å²) < 4.78 is 55.7. The number of hydrogen-bond donors (Lipinski definition) is 1. The van der Waals surface area contributed by atoms with Gasteiger partial charge in [0, 0.05) is 12.5 Å². The number of hydrogen-bond acceptors (Lipinski definition) is 5. The Balaban J connectivity index is 2.77. The van der Waals surface area contributed by atoms with E-state index < -0.39 is 29.4 Å². The maximum atomic E-state index is 13.5. The van der Waals surface area contributed by atoms with Gasteiger partial charge in [0.1, 0.15) is 5.82 Å². The van der Waals surface area contributed by atoms with Crippen molar-refractivity contribution in [3.8, 4) is 0 Å². The normalized spacial score (nSPS) is 12.0. The summed E-state index contributed by atoms with van der Waals surface area (Å²) in [5.41, 5.74) is -1.48. The van der Waals surface area contributed by atoms with Crippen LogP contribution in [0.3, 0.4) is 0 Å². The topological polar surface area (TPSA) is 67.8 Å². The zero-order chi connectivity index (χ0) is 19.0. The predicted octanol–water partition coefficient (Wildman–Crippen LogP) is 3.65. The molecule has 0 spiro atoms. The molecule has 0 saturated heterocycles. The van der Waals surface area contributed by atoms with Crippen molar-refractivity contribution >= 4 is 34.5 Å². The number of benzene rings is 1. The molecule has 0 saturated carbocycles. The number of carbonyl (C=O) groups excluding carboxylic acids is 2. The van der Waals surface area contributed by atoms with Gasteiger partial charge >= 0.3 is 12.1 Å². The Morgan fingerprint density at radius 3 is 2.48 bits per heavy atom. The van der Waals surface area contributed by atoms with Gasteiger partial charge in [-0.3, -0.25) is 9.59 Å². The van der Waals surface area contributed by atoms with Crippen LogP contribution in [0.4, 0.5) is 23.2 Å². The van der Waals surface area contributed by atoms with Crippen LogP contribution in [0.15, 0.2) is 23.2 Å². The first kappa shape index (κ1) is 20.9. The van der Waals surface area contributed by atoms with Crippen LogP contribution in [0.2, 0.25) is 0 Å². The van der Waals surface area contributed by atoms with E-state index in [1.165, 1.54) is 0 Å². The van der Waals surface area contributed by atoms with Gasteiger partial charge in [-0.15, -0.1) is 0 Å². The summed E-state index contributed by atoms with van der Waals surface area (Å²) >= 11 is 1.01. The third kappa shape index (κ3) is 7.12. The zero-order valence-electron chi connectivity index (χ0n) is 13.4. The molecule has 0 aliphatic rings. The second-order valence-corrected chi connectivity index (χ2v) is 5.43. The summed E-state index contributed by atoms with van der Waals surface area (Å²) in [6, 6.07) is 2.20. The summed E-state index contributed by atoms with van der Waals surface area (Å²) in [5, 5.41) is 2.46. The van der Waals surface area contributed by atoms with E-state index in [9.17, 15) is 27.2 Å². The number of esters is 1. The van der Waals surface area contributed by atoms with E-state index in [-0.39, 0.29) is 30.3 Å². The largest absolute Gasteiger partial charge is 0.466 e. The molecule has 0 aromatic heterocycles. The highest BCUT2D eigenvalue weighted by atomic mass is 32.2. The standard InChI is InChI=1S/C15H16F4N2O3S/c1-3-24-13(23)7-6-12(22)21-14(25-2)20-9-4-5-10(11(16)8-9)15(17,18)19/h4-5,8H,3,6-7H2,1-2H3,(H,20,21,22). The van der Waals surface area contributed by atoms with Crippen LogP contribution in [-0.2, 0) is 20.5 Å². The molecule has 0 aliphatic carbocycles. The molecule has 1 N–H and O–H groups in total. The lowest BCUT2D eigenvalue weighted by Gasteiger charge is -2.09. The first-order valence-corrected chi connectivity index (χ1v) is 8.34. The number of amidine groups is 1. The van der Waals surface area contributed by atoms with Crippen LogP contribution in [0.25, 0.3) is 0 Å². The van der Waals surface area contributed by atoms with Crippen LogP contribution in [0, 0.1) is 5.82 Å². The predicted molar refractivity (Wildman–Crippen MR) is 86.0 cm³/mol. The monoisotopic (exact) mass is 380 g/mol. The second kappa shape index (κ2) is 9.40. The Bertz CT molecular complexity index is 663. The molecular weight excluding hydrogens is 364 g/mol. The molecular formula is C15H16F4N2O3S. The van der Waals surface area contributed by atoms with E-state index in [0.717, 1.165) is 17.8 Å². The molecule has 1 amide bonds. The van der Waals surface area contributed by atoms with Crippen molar-refractivity contribution in [3.05, 3.63) is 29.6 Å². The summed E-state index contributed by atoms with van der Waals surface area (Å²) in [6.45, 7) is 1.84. The Kier molecular flexibility index (Phi) is 7.88. The summed E-state index contributed by atoms with van der Waals surface area (Å²) in [5.74, 6) is -2.50. The minimum Gasteiger partial charge on any atom is -0.466 e. The smallest absolute Gasteiger partial charge is 0.419 e. The molecule has 0 radical (unpaired) electrons. The summed E-state index contributed by atoms with van der Waals surface area (Å²) in [7, 11) is 0. The summed E-state index contributed by atoms with van der Waals surface area (Å²) in [6.07, 6.45) is -3.48. The second-order valence-electron chi connectivity index (χ2n) is 4.64. The number of nitrogens with one attached hydrogen (secondary N) is 1. The number of nitrogens with zero attached hydrogens (tertiary/aromatic N) is 1. The van der Waals surface area contributed by atoms with Gasteiger partial charge in [-0.1, -0.05) is 11.8 Å². The van der Waals surface area contributed by atoms with Crippen LogP contribution in [-0.4, -0.2) is 29.9 Å². The zero-order valence-corrected chi connectivity index (χ0v) is 14.3. The average Bonchev–Trinajstić information content (AvgIpc) is 2.51. The van der Waals surface area contributed by atoms with Crippen LogP contribution in [0.1, 0.15) is 25.3 Å². The lowest BCUT2D eigenvalue weighted by atomic mass is 10.2. The number of carbonyl (C=O) groups is 2. The minimum atomic E-state index is -4.80.